The Morgan fingerprint density at radius 2 is 2.00 bits per heavy atom. The number of benzene rings is 1. The van der Waals surface area contributed by atoms with Crippen LogP contribution in [0, 0.1) is 0 Å². The number of aryl methyl sites for hydroxylation is 1. The molecule has 3 aromatic rings. The summed E-state index contributed by atoms with van der Waals surface area (Å²) in [5.41, 5.74) is 1.81. The molecule has 2 aromatic heterocycles. The van der Waals surface area contributed by atoms with E-state index in [9.17, 15) is 13.2 Å². The summed E-state index contributed by atoms with van der Waals surface area (Å²) < 4.78 is 31.6. The summed E-state index contributed by atoms with van der Waals surface area (Å²) in [5.74, 6) is -0.629. The normalized spacial score (nSPS) is 11.8. The van der Waals surface area contributed by atoms with Gasteiger partial charge in [0.25, 0.3) is 0 Å². The summed E-state index contributed by atoms with van der Waals surface area (Å²) in [7, 11) is -2.00. The number of sulfone groups is 1. The Bertz CT molecular complexity index is 987. The van der Waals surface area contributed by atoms with Crippen LogP contribution in [0.1, 0.15) is 23.0 Å². The molecule has 2 heterocycles. The molecule has 0 saturated carbocycles. The predicted octanol–water partition coefficient (Wildman–Crippen LogP) is 2.05. The van der Waals surface area contributed by atoms with Crippen LogP contribution >= 0.6 is 0 Å². The number of hydrogen-bond donors (Lipinski definition) is 1. The number of esters is 1. The third-order valence-electron chi connectivity index (χ3n) is 3.61. The van der Waals surface area contributed by atoms with Crippen LogP contribution in [0.4, 0.5) is 0 Å². The molecule has 7 nitrogen and oxygen atoms in total. The van der Waals surface area contributed by atoms with E-state index >= 15 is 0 Å². The van der Waals surface area contributed by atoms with Gasteiger partial charge in [-0.25, -0.2) is 18.2 Å². The highest BCUT2D eigenvalue weighted by molar-refractivity contribution is 7.90. The second-order valence-corrected chi connectivity index (χ2v) is 7.22. The van der Waals surface area contributed by atoms with E-state index in [1.54, 1.807) is 44.3 Å². The highest BCUT2D eigenvalue weighted by Crippen LogP contribution is 2.22. The van der Waals surface area contributed by atoms with E-state index in [1.807, 2.05) is 6.07 Å². The minimum absolute atomic E-state index is 0.0389. The van der Waals surface area contributed by atoms with Gasteiger partial charge in [-0.2, -0.15) is 0 Å². The average Bonchev–Trinajstić information content (AvgIpc) is 3.08. The number of nitrogens with zero attached hydrogens (tertiary/aromatic N) is 2. The fraction of sp³-hybridized carbons (Fsp3) is 0.250. The van der Waals surface area contributed by atoms with Gasteiger partial charge >= 0.3 is 5.97 Å². The van der Waals surface area contributed by atoms with Crippen molar-refractivity contribution in [3.63, 3.8) is 0 Å². The van der Waals surface area contributed by atoms with E-state index in [0.29, 0.717) is 16.7 Å². The first-order valence-corrected chi connectivity index (χ1v) is 9.07. The summed E-state index contributed by atoms with van der Waals surface area (Å²) in [6.45, 7) is 1.98. The molecular weight excluding hydrogens is 330 g/mol. The summed E-state index contributed by atoms with van der Waals surface area (Å²) in [6.07, 6.45) is 0. The lowest BCUT2D eigenvalue weighted by atomic mass is 10.2. The summed E-state index contributed by atoms with van der Waals surface area (Å²) in [6, 6.07) is 10.5. The van der Waals surface area contributed by atoms with E-state index in [4.69, 9.17) is 4.74 Å². The summed E-state index contributed by atoms with van der Waals surface area (Å²) >= 11 is 0. The Balaban J connectivity index is 1.97. The van der Waals surface area contributed by atoms with Gasteiger partial charge in [0.1, 0.15) is 5.69 Å². The molecule has 0 aliphatic carbocycles. The van der Waals surface area contributed by atoms with Crippen molar-refractivity contribution in [3.05, 3.63) is 47.7 Å². The first-order chi connectivity index (χ1) is 11.4. The van der Waals surface area contributed by atoms with Crippen molar-refractivity contribution in [1.29, 1.82) is 0 Å². The monoisotopic (exact) mass is 347 g/mol. The topological polar surface area (TPSA) is 94.0 Å². The molecule has 8 heteroatoms. The number of carbonyl (C=O) groups excluding carboxylic acids is 1. The van der Waals surface area contributed by atoms with Gasteiger partial charge in [-0.15, -0.1) is 0 Å². The van der Waals surface area contributed by atoms with E-state index in [2.05, 4.69) is 9.97 Å². The van der Waals surface area contributed by atoms with E-state index < -0.39 is 15.8 Å². The van der Waals surface area contributed by atoms with Crippen molar-refractivity contribution in [1.82, 2.24) is 14.5 Å². The fourth-order valence-electron chi connectivity index (χ4n) is 2.50. The number of aromatic amines is 1. The Morgan fingerprint density at radius 1 is 1.29 bits per heavy atom. The largest absolute Gasteiger partial charge is 0.461 e. The van der Waals surface area contributed by atoms with Crippen molar-refractivity contribution < 1.29 is 17.9 Å². The molecule has 0 radical (unpaired) electrons. The maximum atomic E-state index is 12.6. The summed E-state index contributed by atoms with van der Waals surface area (Å²) in [4.78, 5) is 18.7. The predicted molar refractivity (Wildman–Crippen MR) is 88.4 cm³/mol. The van der Waals surface area contributed by atoms with Gasteiger partial charge in [-0.1, -0.05) is 30.3 Å². The van der Waals surface area contributed by atoms with Crippen LogP contribution in [-0.4, -0.2) is 35.5 Å². The lowest BCUT2D eigenvalue weighted by molar-refractivity contribution is 0.0520. The third kappa shape index (κ3) is 2.92. The lowest BCUT2D eigenvalue weighted by Gasteiger charge is -2.05. The first kappa shape index (κ1) is 16.3. The maximum absolute atomic E-state index is 12.6. The average molecular weight is 347 g/mol. The van der Waals surface area contributed by atoms with Crippen LogP contribution in [0.3, 0.4) is 0 Å². The van der Waals surface area contributed by atoms with Gasteiger partial charge < -0.3 is 14.3 Å². The second kappa shape index (κ2) is 6.12. The van der Waals surface area contributed by atoms with Gasteiger partial charge in [0.15, 0.2) is 5.65 Å². The van der Waals surface area contributed by atoms with Crippen molar-refractivity contribution >= 4 is 27.0 Å². The van der Waals surface area contributed by atoms with Crippen molar-refractivity contribution in [3.8, 4) is 0 Å². The Morgan fingerprint density at radius 3 is 2.62 bits per heavy atom. The number of aromatic nitrogens is 3. The van der Waals surface area contributed by atoms with Crippen molar-refractivity contribution in [2.75, 3.05) is 6.61 Å². The number of rotatable bonds is 5. The molecule has 3 rings (SSSR count). The third-order valence-corrected chi connectivity index (χ3v) is 5.24. The van der Waals surface area contributed by atoms with Crippen LogP contribution in [0.15, 0.2) is 41.6 Å². The molecule has 126 valence electrons. The van der Waals surface area contributed by atoms with E-state index in [-0.39, 0.29) is 23.2 Å². The Labute approximate surface area is 139 Å². The van der Waals surface area contributed by atoms with Gasteiger partial charge in [0.2, 0.25) is 15.0 Å². The van der Waals surface area contributed by atoms with E-state index in [1.165, 1.54) is 4.57 Å². The first-order valence-electron chi connectivity index (χ1n) is 7.41. The number of carbonyl (C=O) groups is 1. The number of fused-ring (bicyclic) bond motifs is 1. The Kier molecular flexibility index (Phi) is 4.15. The molecule has 0 saturated heterocycles. The smallest absolute Gasteiger partial charge is 0.354 e. The summed E-state index contributed by atoms with van der Waals surface area (Å²) in [5, 5.41) is -0.0389. The maximum Gasteiger partial charge on any atom is 0.354 e. The van der Waals surface area contributed by atoms with Crippen LogP contribution in [0.25, 0.3) is 11.2 Å². The van der Waals surface area contributed by atoms with Crippen molar-refractivity contribution in [2.24, 2.45) is 7.05 Å². The number of nitrogens with one attached hydrogen (secondary N) is 1. The lowest BCUT2D eigenvalue weighted by Crippen LogP contribution is -2.11. The minimum Gasteiger partial charge on any atom is -0.461 e. The fourth-order valence-corrected chi connectivity index (χ4v) is 4.01. The second-order valence-electron chi connectivity index (χ2n) is 5.34. The number of hydrogen-bond acceptors (Lipinski definition) is 5. The highest BCUT2D eigenvalue weighted by atomic mass is 32.2. The Hall–Kier alpha value is -2.61. The zero-order chi connectivity index (χ0) is 17.3. The molecule has 0 aliphatic rings. The molecule has 0 amide bonds. The molecular formula is C16H17N3O4S. The van der Waals surface area contributed by atoms with Gasteiger partial charge in [-0.05, 0) is 18.6 Å². The van der Waals surface area contributed by atoms with Crippen LogP contribution in [0.2, 0.25) is 0 Å². The quantitative estimate of drug-likeness (QED) is 0.713. The highest BCUT2D eigenvalue weighted by Gasteiger charge is 2.24. The minimum atomic E-state index is -3.60. The molecule has 0 spiro atoms. The molecule has 0 aliphatic heterocycles. The van der Waals surface area contributed by atoms with Gasteiger partial charge in [0, 0.05) is 7.05 Å². The molecule has 0 atom stereocenters. The van der Waals surface area contributed by atoms with Crippen LogP contribution in [-0.2, 0) is 27.4 Å². The van der Waals surface area contributed by atoms with E-state index in [0.717, 1.165) is 0 Å². The molecule has 1 aromatic carbocycles. The number of H-pyrrole nitrogens is 1. The van der Waals surface area contributed by atoms with Gasteiger partial charge in [0.05, 0.1) is 17.9 Å². The van der Waals surface area contributed by atoms with Crippen molar-refractivity contribution in [2.45, 2.75) is 17.8 Å². The standard InChI is InChI=1S/C16H17N3O4S/c1-3-23-15(20)12-9-13-14(17-12)18-16(19(13)2)24(21,22)10-11-7-5-4-6-8-11/h4-9,17H,3,10H2,1-2H3. The molecule has 24 heavy (non-hydrogen) atoms. The molecule has 0 bridgehead atoms. The zero-order valence-corrected chi connectivity index (χ0v) is 14.1. The molecule has 1 N–H and O–H groups in total. The number of ether oxygens (including phenoxy) is 1. The molecule has 0 fully saturated rings. The molecule has 0 unspecified atom stereocenters. The SMILES string of the molecule is CCOC(=O)c1cc2c(nc(S(=O)(=O)Cc3ccccc3)n2C)[nH]1. The number of imidazole rings is 1. The van der Waals surface area contributed by atoms with Crippen LogP contribution < -0.4 is 0 Å². The zero-order valence-electron chi connectivity index (χ0n) is 13.3. The van der Waals surface area contributed by atoms with Crippen LogP contribution in [0.5, 0.6) is 0 Å². The van der Waals surface area contributed by atoms with Gasteiger partial charge in [-0.3, -0.25) is 0 Å².